The van der Waals surface area contributed by atoms with Crippen molar-refractivity contribution in [2.75, 3.05) is 32.8 Å². The molecule has 1 atom stereocenters. The quantitative estimate of drug-likeness (QED) is 0.238. The molecule has 0 radical (unpaired) electrons. The van der Waals surface area contributed by atoms with E-state index >= 15 is 0 Å². The van der Waals surface area contributed by atoms with Crippen LogP contribution in [0.2, 0.25) is 0 Å². The summed E-state index contributed by atoms with van der Waals surface area (Å²) in [6.45, 7) is 0.419. The van der Waals surface area contributed by atoms with Crippen LogP contribution in [0.15, 0.2) is 42.6 Å². The SMILES string of the molecule is C=C(C(=O)O)N(CCN(CCN(C(=O)O)C(COCc1ccccc1)C(=O)O)C(=O)O)C(=O)O. The Kier molecular flexibility index (Phi) is 10.8. The second kappa shape index (κ2) is 13.3. The van der Waals surface area contributed by atoms with Gasteiger partial charge in [0.2, 0.25) is 0 Å². The van der Waals surface area contributed by atoms with Crippen molar-refractivity contribution in [1.82, 2.24) is 14.7 Å². The van der Waals surface area contributed by atoms with Crippen molar-refractivity contribution in [2.45, 2.75) is 12.6 Å². The van der Waals surface area contributed by atoms with Crippen LogP contribution in [0.4, 0.5) is 14.4 Å². The fourth-order valence-electron chi connectivity index (χ4n) is 2.76. The predicted molar refractivity (Wildman–Crippen MR) is 113 cm³/mol. The fraction of sp³-hybridized carbons (Fsp3) is 0.350. The van der Waals surface area contributed by atoms with Gasteiger partial charge in [0.15, 0.2) is 6.04 Å². The Bertz CT molecular complexity index is 906. The zero-order valence-corrected chi connectivity index (χ0v) is 17.9. The average Bonchev–Trinajstić information content (AvgIpc) is 2.76. The zero-order valence-electron chi connectivity index (χ0n) is 17.9. The van der Waals surface area contributed by atoms with Gasteiger partial charge < -0.3 is 35.2 Å². The van der Waals surface area contributed by atoms with Crippen LogP contribution >= 0.6 is 0 Å². The van der Waals surface area contributed by atoms with E-state index in [0.717, 1.165) is 5.56 Å². The van der Waals surface area contributed by atoms with E-state index in [4.69, 9.17) is 14.9 Å². The minimum absolute atomic E-state index is 0.0256. The molecule has 0 saturated heterocycles. The normalized spacial score (nSPS) is 11.2. The van der Waals surface area contributed by atoms with Crippen LogP contribution in [-0.4, -0.2) is 109 Å². The lowest BCUT2D eigenvalue weighted by Crippen LogP contribution is -2.51. The molecule has 1 unspecified atom stereocenters. The Morgan fingerprint density at radius 1 is 0.824 bits per heavy atom. The van der Waals surface area contributed by atoms with Crippen molar-refractivity contribution >= 4 is 30.2 Å². The Balaban J connectivity index is 2.82. The molecule has 5 N–H and O–H groups in total. The molecule has 1 aromatic carbocycles. The highest BCUT2D eigenvalue weighted by Gasteiger charge is 2.31. The number of nitrogens with zero attached hydrogens (tertiary/aromatic N) is 3. The molecule has 0 fully saturated rings. The number of carboxylic acids is 2. The summed E-state index contributed by atoms with van der Waals surface area (Å²) < 4.78 is 5.33. The van der Waals surface area contributed by atoms with E-state index in [-0.39, 0.29) is 6.61 Å². The number of carboxylic acid groups (broad SMARTS) is 5. The number of hydrogen-bond acceptors (Lipinski definition) is 6. The number of rotatable bonds is 14. The second-order valence-corrected chi connectivity index (χ2v) is 6.79. The van der Waals surface area contributed by atoms with Gasteiger partial charge in [0.05, 0.1) is 13.2 Å². The zero-order chi connectivity index (χ0) is 25.8. The van der Waals surface area contributed by atoms with E-state index in [9.17, 15) is 39.3 Å². The van der Waals surface area contributed by atoms with E-state index in [0.29, 0.717) is 14.7 Å². The first-order valence-electron chi connectivity index (χ1n) is 9.70. The number of aliphatic carboxylic acids is 2. The number of hydrogen-bond donors (Lipinski definition) is 5. The lowest BCUT2D eigenvalue weighted by atomic mass is 10.2. The third-order valence-corrected chi connectivity index (χ3v) is 4.57. The van der Waals surface area contributed by atoms with Crippen LogP contribution in [0.5, 0.6) is 0 Å². The topological polar surface area (TPSA) is 205 Å². The maximum atomic E-state index is 11.7. The van der Waals surface area contributed by atoms with Gasteiger partial charge in [-0.3, -0.25) is 9.80 Å². The van der Waals surface area contributed by atoms with E-state index in [1.54, 1.807) is 30.3 Å². The van der Waals surface area contributed by atoms with Gasteiger partial charge in [-0.15, -0.1) is 0 Å². The van der Waals surface area contributed by atoms with Gasteiger partial charge in [-0.1, -0.05) is 36.9 Å². The lowest BCUT2D eigenvalue weighted by Gasteiger charge is -2.29. The molecule has 34 heavy (non-hydrogen) atoms. The van der Waals surface area contributed by atoms with E-state index in [1.807, 2.05) is 0 Å². The van der Waals surface area contributed by atoms with Gasteiger partial charge in [0, 0.05) is 26.2 Å². The Morgan fingerprint density at radius 3 is 1.88 bits per heavy atom. The van der Waals surface area contributed by atoms with Gasteiger partial charge in [0.1, 0.15) is 5.70 Å². The molecule has 14 heteroatoms. The molecule has 14 nitrogen and oxygen atoms in total. The smallest absolute Gasteiger partial charge is 0.412 e. The van der Waals surface area contributed by atoms with E-state index < -0.39 is 74.7 Å². The van der Waals surface area contributed by atoms with Crippen molar-refractivity contribution in [1.29, 1.82) is 0 Å². The molecule has 1 aromatic rings. The predicted octanol–water partition coefficient (Wildman–Crippen LogP) is 1.19. The van der Waals surface area contributed by atoms with Crippen LogP contribution in [0.25, 0.3) is 0 Å². The second-order valence-electron chi connectivity index (χ2n) is 6.79. The fourth-order valence-corrected chi connectivity index (χ4v) is 2.76. The summed E-state index contributed by atoms with van der Waals surface area (Å²) in [6, 6.07) is 7.09. The van der Waals surface area contributed by atoms with Crippen LogP contribution in [0.1, 0.15) is 5.56 Å². The van der Waals surface area contributed by atoms with Crippen molar-refractivity contribution in [3.8, 4) is 0 Å². The average molecular weight is 483 g/mol. The molecule has 1 rings (SSSR count). The first-order valence-corrected chi connectivity index (χ1v) is 9.70. The van der Waals surface area contributed by atoms with Crippen LogP contribution in [0.3, 0.4) is 0 Å². The van der Waals surface area contributed by atoms with Crippen LogP contribution in [-0.2, 0) is 20.9 Å². The summed E-state index contributed by atoms with van der Waals surface area (Å²) in [4.78, 5) is 58.4. The molecule has 0 spiro atoms. The highest BCUT2D eigenvalue weighted by molar-refractivity contribution is 5.89. The van der Waals surface area contributed by atoms with Gasteiger partial charge in [-0.05, 0) is 5.56 Å². The number of benzene rings is 1. The maximum absolute atomic E-state index is 11.7. The molecular formula is C20H25N3O11. The first-order chi connectivity index (χ1) is 16.0. The number of amides is 3. The number of carbonyl (C=O) groups is 5. The van der Waals surface area contributed by atoms with Gasteiger partial charge in [-0.2, -0.15) is 0 Å². The maximum Gasteiger partial charge on any atom is 0.412 e. The summed E-state index contributed by atoms with van der Waals surface area (Å²) in [5.74, 6) is -3.13. The minimum atomic E-state index is -1.67. The lowest BCUT2D eigenvalue weighted by molar-refractivity contribution is -0.145. The summed E-state index contributed by atoms with van der Waals surface area (Å²) in [5, 5.41) is 46.3. The summed E-state index contributed by atoms with van der Waals surface area (Å²) in [6.07, 6.45) is -4.86. The molecule has 0 bridgehead atoms. The summed E-state index contributed by atoms with van der Waals surface area (Å²) >= 11 is 0. The monoisotopic (exact) mass is 483 g/mol. The van der Waals surface area contributed by atoms with Crippen molar-refractivity contribution in [3.05, 3.63) is 48.2 Å². The largest absolute Gasteiger partial charge is 0.480 e. The number of ether oxygens (including phenoxy) is 1. The molecule has 3 amide bonds. The van der Waals surface area contributed by atoms with Crippen molar-refractivity contribution in [2.24, 2.45) is 0 Å². The van der Waals surface area contributed by atoms with Gasteiger partial charge in [0.25, 0.3) is 0 Å². The molecular weight excluding hydrogens is 458 g/mol. The highest BCUT2D eigenvalue weighted by atomic mass is 16.5. The third kappa shape index (κ3) is 8.66. The van der Waals surface area contributed by atoms with Crippen LogP contribution in [0, 0.1) is 0 Å². The van der Waals surface area contributed by atoms with Crippen LogP contribution < -0.4 is 0 Å². The van der Waals surface area contributed by atoms with Crippen molar-refractivity contribution in [3.63, 3.8) is 0 Å². The summed E-state index contributed by atoms with van der Waals surface area (Å²) in [5.41, 5.74) is -0.0667. The van der Waals surface area contributed by atoms with Crippen molar-refractivity contribution < 1.29 is 54.2 Å². The standard InChI is InChI=1S/C20H25N3O11/c1-13(16(24)25)22(19(30)31)9-7-21(18(28)29)8-10-23(20(32)33)15(17(26)27)12-34-11-14-5-3-2-4-6-14/h2-6,15H,1,7-12H2,(H,24,25)(H,26,27)(H,28,29)(H,30,31)(H,32,33). The Labute approximate surface area is 193 Å². The molecule has 0 aliphatic rings. The van der Waals surface area contributed by atoms with E-state index in [2.05, 4.69) is 6.58 Å². The molecule has 0 aliphatic carbocycles. The van der Waals surface area contributed by atoms with Gasteiger partial charge >= 0.3 is 30.2 Å². The van der Waals surface area contributed by atoms with Gasteiger partial charge in [-0.25, -0.2) is 24.0 Å². The Morgan fingerprint density at radius 2 is 1.41 bits per heavy atom. The summed E-state index contributed by atoms with van der Waals surface area (Å²) in [7, 11) is 0. The Hall–Kier alpha value is -4.33. The molecule has 0 heterocycles. The molecule has 0 saturated carbocycles. The first kappa shape index (κ1) is 27.7. The minimum Gasteiger partial charge on any atom is -0.480 e. The van der Waals surface area contributed by atoms with E-state index in [1.165, 1.54) is 0 Å². The highest BCUT2D eigenvalue weighted by Crippen LogP contribution is 2.08. The molecule has 0 aliphatic heterocycles. The molecule has 186 valence electrons. The third-order valence-electron chi connectivity index (χ3n) is 4.57. The molecule has 0 aromatic heterocycles.